The highest BCUT2D eigenvalue weighted by Crippen LogP contribution is 2.18. The van der Waals surface area contributed by atoms with E-state index in [9.17, 15) is 8.42 Å². The molecule has 6 nitrogen and oxygen atoms in total. The van der Waals surface area contributed by atoms with Crippen LogP contribution in [-0.4, -0.2) is 30.8 Å². The molecule has 21 heavy (non-hydrogen) atoms. The summed E-state index contributed by atoms with van der Waals surface area (Å²) in [5, 5.41) is 3.24. The Morgan fingerprint density at radius 1 is 1.43 bits per heavy atom. The van der Waals surface area contributed by atoms with Crippen molar-refractivity contribution in [3.63, 3.8) is 0 Å². The molecular formula is C14H21N3O3S. The molecule has 0 aromatic carbocycles. The highest BCUT2D eigenvalue weighted by Gasteiger charge is 2.23. The lowest BCUT2D eigenvalue weighted by Gasteiger charge is -2.14. The Hall–Kier alpha value is -1.57. The maximum absolute atomic E-state index is 12.5. The summed E-state index contributed by atoms with van der Waals surface area (Å²) < 4.78 is 31.4. The molecule has 2 N–H and O–H groups in total. The van der Waals surface area contributed by atoms with Gasteiger partial charge in [-0.2, -0.15) is 4.31 Å². The van der Waals surface area contributed by atoms with Crippen molar-refractivity contribution in [2.75, 3.05) is 7.05 Å². The number of hydrogen-bond acceptors (Lipinski definition) is 4. The molecule has 2 aromatic rings. The first kappa shape index (κ1) is 15.8. The topological polar surface area (TPSA) is 78.3 Å². The average Bonchev–Trinajstić information content (AvgIpc) is 3.07. The molecule has 0 saturated heterocycles. The summed E-state index contributed by atoms with van der Waals surface area (Å²) in [7, 11) is -1.98. The molecule has 0 saturated carbocycles. The molecular weight excluding hydrogens is 290 g/mol. The van der Waals surface area contributed by atoms with Crippen molar-refractivity contribution >= 4 is 10.0 Å². The number of hydrogen-bond donors (Lipinski definition) is 2. The molecule has 0 aliphatic carbocycles. The molecule has 116 valence electrons. The lowest BCUT2D eigenvalue weighted by atomic mass is 10.3. The van der Waals surface area contributed by atoms with Crippen LogP contribution < -0.4 is 5.32 Å². The van der Waals surface area contributed by atoms with Crippen LogP contribution in [0.3, 0.4) is 0 Å². The molecule has 0 atom stereocenters. The second-order valence-electron chi connectivity index (χ2n) is 5.24. The first-order valence-corrected chi connectivity index (χ1v) is 8.23. The fraction of sp³-hybridized carbons (Fsp3) is 0.429. The fourth-order valence-electron chi connectivity index (χ4n) is 1.87. The van der Waals surface area contributed by atoms with E-state index in [4.69, 9.17) is 4.42 Å². The molecule has 0 amide bonds. The summed E-state index contributed by atoms with van der Waals surface area (Å²) in [5.74, 6) is 0.610. The first-order valence-electron chi connectivity index (χ1n) is 6.79. The Morgan fingerprint density at radius 2 is 2.19 bits per heavy atom. The van der Waals surface area contributed by atoms with E-state index in [1.807, 2.05) is 13.8 Å². The normalized spacial score (nSPS) is 12.4. The van der Waals surface area contributed by atoms with Crippen molar-refractivity contribution < 1.29 is 12.8 Å². The quantitative estimate of drug-likeness (QED) is 0.819. The van der Waals surface area contributed by atoms with Crippen LogP contribution in [0.1, 0.15) is 25.3 Å². The van der Waals surface area contributed by atoms with Gasteiger partial charge in [-0.15, -0.1) is 0 Å². The van der Waals surface area contributed by atoms with E-state index in [1.165, 1.54) is 23.8 Å². The van der Waals surface area contributed by atoms with Crippen molar-refractivity contribution in [2.24, 2.45) is 0 Å². The Kier molecular flexibility index (Phi) is 4.87. The molecule has 7 heteroatoms. The third-order valence-corrected chi connectivity index (χ3v) is 4.87. The van der Waals surface area contributed by atoms with Crippen LogP contribution in [0.15, 0.2) is 40.0 Å². The molecule has 0 radical (unpaired) electrons. The molecule has 2 aromatic heterocycles. The van der Waals surface area contributed by atoms with Gasteiger partial charge in [0.15, 0.2) is 0 Å². The minimum atomic E-state index is -3.52. The van der Waals surface area contributed by atoms with Gasteiger partial charge in [0, 0.05) is 31.5 Å². The van der Waals surface area contributed by atoms with Gasteiger partial charge in [-0.3, -0.25) is 0 Å². The predicted molar refractivity (Wildman–Crippen MR) is 80.1 cm³/mol. The summed E-state index contributed by atoms with van der Waals surface area (Å²) in [6, 6.07) is 5.49. The maximum Gasteiger partial charge on any atom is 0.244 e. The van der Waals surface area contributed by atoms with E-state index < -0.39 is 10.0 Å². The summed E-state index contributed by atoms with van der Waals surface area (Å²) in [6.07, 6.45) is 3.05. The van der Waals surface area contributed by atoms with E-state index in [-0.39, 0.29) is 11.4 Å². The van der Waals surface area contributed by atoms with Gasteiger partial charge in [0.25, 0.3) is 0 Å². The SMILES string of the molecule is CC(C)NCc1cc(S(=O)(=O)N(C)Cc2ccco2)c[nH]1. The molecule has 0 fully saturated rings. The van der Waals surface area contributed by atoms with Crippen LogP contribution in [0.25, 0.3) is 0 Å². The van der Waals surface area contributed by atoms with Crippen LogP contribution >= 0.6 is 0 Å². The number of aromatic nitrogens is 1. The second kappa shape index (κ2) is 6.46. The van der Waals surface area contributed by atoms with Gasteiger partial charge in [0.2, 0.25) is 10.0 Å². The zero-order chi connectivity index (χ0) is 15.5. The van der Waals surface area contributed by atoms with Crippen LogP contribution in [0.4, 0.5) is 0 Å². The van der Waals surface area contributed by atoms with Gasteiger partial charge >= 0.3 is 0 Å². The van der Waals surface area contributed by atoms with Crippen molar-refractivity contribution in [1.82, 2.24) is 14.6 Å². The lowest BCUT2D eigenvalue weighted by molar-refractivity contribution is 0.406. The summed E-state index contributed by atoms with van der Waals surface area (Å²) >= 11 is 0. The average molecular weight is 311 g/mol. The predicted octanol–water partition coefficient (Wildman–Crippen LogP) is 1.93. The van der Waals surface area contributed by atoms with E-state index in [2.05, 4.69) is 10.3 Å². The van der Waals surface area contributed by atoms with Crippen molar-refractivity contribution in [1.29, 1.82) is 0 Å². The Morgan fingerprint density at radius 3 is 2.81 bits per heavy atom. The Bertz CT molecular complexity index is 659. The van der Waals surface area contributed by atoms with Crippen LogP contribution in [0.5, 0.6) is 0 Å². The Balaban J connectivity index is 2.08. The second-order valence-corrected chi connectivity index (χ2v) is 7.28. The molecule has 2 rings (SSSR count). The minimum absolute atomic E-state index is 0.208. The van der Waals surface area contributed by atoms with Crippen LogP contribution in [0.2, 0.25) is 0 Å². The minimum Gasteiger partial charge on any atom is -0.468 e. The number of rotatable bonds is 7. The van der Waals surface area contributed by atoms with E-state index >= 15 is 0 Å². The van der Waals surface area contributed by atoms with E-state index in [0.717, 1.165) is 5.69 Å². The third-order valence-electron chi connectivity index (χ3n) is 3.08. The standard InChI is InChI=1S/C14H21N3O3S/c1-11(2)15-8-12-7-14(9-16-12)21(18,19)17(3)10-13-5-4-6-20-13/h4-7,9,11,15-16H,8,10H2,1-3H3. The number of H-pyrrole nitrogens is 1. The fourth-order valence-corrected chi connectivity index (χ4v) is 3.03. The highest BCUT2D eigenvalue weighted by atomic mass is 32.2. The van der Waals surface area contributed by atoms with Gasteiger partial charge < -0.3 is 14.7 Å². The van der Waals surface area contributed by atoms with Gasteiger partial charge in [0.1, 0.15) is 5.76 Å². The molecule has 0 aliphatic heterocycles. The zero-order valence-electron chi connectivity index (χ0n) is 12.5. The smallest absolute Gasteiger partial charge is 0.244 e. The largest absolute Gasteiger partial charge is 0.468 e. The number of nitrogens with one attached hydrogen (secondary N) is 2. The van der Waals surface area contributed by atoms with Gasteiger partial charge in [-0.25, -0.2) is 8.42 Å². The molecule has 2 heterocycles. The number of furan rings is 1. The number of nitrogens with zero attached hydrogens (tertiary/aromatic N) is 1. The zero-order valence-corrected chi connectivity index (χ0v) is 13.3. The van der Waals surface area contributed by atoms with E-state index in [0.29, 0.717) is 18.3 Å². The maximum atomic E-state index is 12.5. The van der Waals surface area contributed by atoms with Crippen molar-refractivity contribution in [2.45, 2.75) is 37.9 Å². The summed E-state index contributed by atoms with van der Waals surface area (Å²) in [4.78, 5) is 3.25. The van der Waals surface area contributed by atoms with Crippen molar-refractivity contribution in [3.05, 3.63) is 42.1 Å². The first-order chi connectivity index (χ1) is 9.89. The molecule has 0 aliphatic rings. The van der Waals surface area contributed by atoms with Gasteiger partial charge in [-0.1, -0.05) is 13.8 Å². The molecule has 0 spiro atoms. The summed E-state index contributed by atoms with van der Waals surface area (Å²) in [5.41, 5.74) is 0.841. The Labute approximate surface area is 125 Å². The monoisotopic (exact) mass is 311 g/mol. The van der Waals surface area contributed by atoms with Gasteiger partial charge in [-0.05, 0) is 18.2 Å². The summed E-state index contributed by atoms with van der Waals surface area (Å²) in [6.45, 7) is 4.89. The van der Waals surface area contributed by atoms with E-state index in [1.54, 1.807) is 18.2 Å². The number of aromatic amines is 1. The van der Waals surface area contributed by atoms with Gasteiger partial charge in [0.05, 0.1) is 17.7 Å². The lowest BCUT2D eigenvalue weighted by Crippen LogP contribution is -2.26. The molecule has 0 unspecified atom stereocenters. The van der Waals surface area contributed by atoms with Crippen LogP contribution in [0, 0.1) is 0 Å². The highest BCUT2D eigenvalue weighted by molar-refractivity contribution is 7.89. The molecule has 0 bridgehead atoms. The third kappa shape index (κ3) is 3.96. The van der Waals surface area contributed by atoms with Crippen LogP contribution in [-0.2, 0) is 23.1 Å². The van der Waals surface area contributed by atoms with Crippen molar-refractivity contribution in [3.8, 4) is 0 Å². The number of sulfonamides is 1.